The first-order chi connectivity index (χ1) is 22.1. The van der Waals surface area contributed by atoms with E-state index in [0.29, 0.717) is 48.1 Å². The summed E-state index contributed by atoms with van der Waals surface area (Å²) in [5.74, 6) is 1.42. The lowest BCUT2D eigenvalue weighted by atomic mass is 10.0. The summed E-state index contributed by atoms with van der Waals surface area (Å²) in [5.41, 5.74) is 1.67. The molecule has 0 aliphatic carbocycles. The van der Waals surface area contributed by atoms with Crippen LogP contribution in [-0.4, -0.2) is 71.2 Å². The third-order valence-electron chi connectivity index (χ3n) is 7.93. The van der Waals surface area contributed by atoms with Crippen LogP contribution >= 0.6 is 0 Å². The Morgan fingerprint density at radius 3 is 2.17 bits per heavy atom. The van der Waals surface area contributed by atoms with E-state index in [0.717, 1.165) is 56.3 Å². The highest BCUT2D eigenvalue weighted by Gasteiger charge is 2.25. The average molecular weight is 630 g/mol. The highest BCUT2D eigenvalue weighted by molar-refractivity contribution is 6.16. The molecular weight excluding hydrogens is 585 g/mol. The summed E-state index contributed by atoms with van der Waals surface area (Å²) in [6.07, 6.45) is 4.58. The summed E-state index contributed by atoms with van der Waals surface area (Å²) in [7, 11) is 0. The number of ether oxygens (including phenoxy) is 3. The van der Waals surface area contributed by atoms with Gasteiger partial charge in [-0.15, -0.1) is 0 Å². The first-order valence-corrected chi connectivity index (χ1v) is 16.1. The number of amides is 1. The molecule has 1 saturated heterocycles. The highest BCUT2D eigenvalue weighted by atomic mass is 19.1. The van der Waals surface area contributed by atoms with Crippen molar-refractivity contribution in [1.82, 2.24) is 14.4 Å². The molecule has 4 aromatic rings. The van der Waals surface area contributed by atoms with Gasteiger partial charge in [0.1, 0.15) is 28.7 Å². The van der Waals surface area contributed by atoms with Crippen molar-refractivity contribution in [3.8, 4) is 17.2 Å². The Morgan fingerprint density at radius 1 is 0.826 bits per heavy atom. The molecule has 0 bridgehead atoms. The number of fused-ring (bicyclic) bond motifs is 1. The van der Waals surface area contributed by atoms with Gasteiger partial charge in [-0.3, -0.25) is 9.69 Å². The third-order valence-corrected chi connectivity index (χ3v) is 7.93. The van der Waals surface area contributed by atoms with Crippen molar-refractivity contribution in [1.29, 1.82) is 0 Å². The SMILES string of the molecule is CCCCn1cc(C(=O)c2ccc(OCCCN3CCN(C(=O)OC(C)(C)C)CC3)cc2)c2cc(Oc3ccc(F)cc3)ccc21. The minimum Gasteiger partial charge on any atom is -0.494 e. The monoisotopic (exact) mass is 629 g/mol. The van der Waals surface area contributed by atoms with E-state index in [1.165, 1.54) is 12.1 Å². The molecule has 1 aliphatic rings. The Labute approximate surface area is 270 Å². The molecule has 46 heavy (non-hydrogen) atoms. The van der Waals surface area contributed by atoms with Gasteiger partial charge < -0.3 is 23.7 Å². The zero-order valence-corrected chi connectivity index (χ0v) is 27.3. The smallest absolute Gasteiger partial charge is 0.410 e. The molecule has 3 aromatic carbocycles. The lowest BCUT2D eigenvalue weighted by Crippen LogP contribution is -2.50. The zero-order chi connectivity index (χ0) is 32.7. The summed E-state index contributed by atoms with van der Waals surface area (Å²) in [5, 5.41) is 0.813. The number of aromatic nitrogens is 1. The van der Waals surface area contributed by atoms with Crippen LogP contribution in [-0.2, 0) is 11.3 Å². The van der Waals surface area contributed by atoms with Gasteiger partial charge in [0.2, 0.25) is 0 Å². The van der Waals surface area contributed by atoms with Crippen LogP contribution in [0.2, 0.25) is 0 Å². The van der Waals surface area contributed by atoms with Crippen molar-refractivity contribution in [3.63, 3.8) is 0 Å². The van der Waals surface area contributed by atoms with Crippen molar-refractivity contribution >= 4 is 22.8 Å². The molecule has 244 valence electrons. The van der Waals surface area contributed by atoms with Crippen LogP contribution in [0.3, 0.4) is 0 Å². The second kappa shape index (κ2) is 14.8. The number of piperazine rings is 1. The van der Waals surface area contributed by atoms with Crippen LogP contribution in [0.25, 0.3) is 10.9 Å². The first kappa shape index (κ1) is 33.0. The summed E-state index contributed by atoms with van der Waals surface area (Å²) < 4.78 is 32.9. The molecule has 8 nitrogen and oxygen atoms in total. The number of hydrogen-bond donors (Lipinski definition) is 0. The van der Waals surface area contributed by atoms with Crippen molar-refractivity contribution in [2.75, 3.05) is 39.3 Å². The Bertz CT molecular complexity index is 1620. The third kappa shape index (κ3) is 8.66. The first-order valence-electron chi connectivity index (χ1n) is 16.1. The number of benzene rings is 3. The number of carbonyl (C=O) groups is 2. The van der Waals surface area contributed by atoms with Crippen molar-refractivity contribution in [3.05, 3.63) is 89.9 Å². The number of carbonyl (C=O) groups excluding carboxylic acids is 2. The van der Waals surface area contributed by atoms with Crippen LogP contribution in [0.5, 0.6) is 17.2 Å². The number of unbranched alkanes of at least 4 members (excludes halogenated alkanes) is 1. The molecule has 1 fully saturated rings. The minimum atomic E-state index is -0.488. The van der Waals surface area contributed by atoms with Gasteiger partial charge in [-0.1, -0.05) is 13.3 Å². The standard InChI is InChI=1S/C37H44FN3O5/c1-5-6-19-41-26-33(32-25-31(16-17-34(32)41)45-30-14-10-28(38)11-15-30)35(42)27-8-12-29(13-9-27)44-24-7-18-39-20-22-40(23-21-39)36(43)46-37(2,3)4/h8-17,25-26H,5-7,18-24H2,1-4H3. The molecule has 9 heteroatoms. The summed E-state index contributed by atoms with van der Waals surface area (Å²) in [6.45, 7) is 13.0. The summed E-state index contributed by atoms with van der Waals surface area (Å²) >= 11 is 0. The van der Waals surface area contributed by atoms with Gasteiger partial charge in [-0.25, -0.2) is 9.18 Å². The van der Waals surface area contributed by atoms with Gasteiger partial charge in [0.05, 0.1) is 6.61 Å². The van der Waals surface area contributed by atoms with E-state index >= 15 is 0 Å². The molecule has 0 unspecified atom stereocenters. The maximum Gasteiger partial charge on any atom is 0.410 e. The fourth-order valence-electron chi connectivity index (χ4n) is 5.49. The number of hydrogen-bond acceptors (Lipinski definition) is 6. The number of ketones is 1. The molecule has 0 radical (unpaired) electrons. The lowest BCUT2D eigenvalue weighted by molar-refractivity contribution is 0.0142. The quantitative estimate of drug-likeness (QED) is 0.117. The van der Waals surface area contributed by atoms with Crippen LogP contribution in [0.1, 0.15) is 62.9 Å². The van der Waals surface area contributed by atoms with Crippen LogP contribution in [0, 0.1) is 5.82 Å². The number of rotatable bonds is 12. The summed E-state index contributed by atoms with van der Waals surface area (Å²) in [4.78, 5) is 30.2. The maximum absolute atomic E-state index is 13.8. The van der Waals surface area contributed by atoms with Gasteiger partial charge in [-0.05, 0) is 100 Å². The average Bonchev–Trinajstić information content (AvgIpc) is 3.40. The number of halogens is 1. The normalized spacial score (nSPS) is 14.0. The Kier molecular flexibility index (Phi) is 10.6. The van der Waals surface area contributed by atoms with Gasteiger partial charge in [0.25, 0.3) is 0 Å². The van der Waals surface area contributed by atoms with Crippen LogP contribution < -0.4 is 9.47 Å². The van der Waals surface area contributed by atoms with Crippen molar-refractivity contribution in [2.24, 2.45) is 0 Å². The maximum atomic E-state index is 13.8. The molecule has 1 aromatic heterocycles. The largest absolute Gasteiger partial charge is 0.494 e. The molecule has 0 spiro atoms. The Balaban J connectivity index is 1.17. The van der Waals surface area contributed by atoms with Crippen molar-refractivity contribution < 1.29 is 28.2 Å². The van der Waals surface area contributed by atoms with E-state index in [-0.39, 0.29) is 17.7 Å². The molecule has 1 aliphatic heterocycles. The van der Waals surface area contributed by atoms with E-state index in [2.05, 4.69) is 16.4 Å². The van der Waals surface area contributed by atoms with Crippen LogP contribution in [0.4, 0.5) is 9.18 Å². The number of aryl methyl sites for hydroxylation is 1. The lowest BCUT2D eigenvalue weighted by Gasteiger charge is -2.35. The topological polar surface area (TPSA) is 73.2 Å². The Hall–Kier alpha value is -4.37. The zero-order valence-electron chi connectivity index (χ0n) is 27.3. The fraction of sp³-hybridized carbons (Fsp3) is 0.405. The van der Waals surface area contributed by atoms with E-state index in [4.69, 9.17) is 14.2 Å². The second-order valence-electron chi connectivity index (χ2n) is 12.7. The minimum absolute atomic E-state index is 0.0729. The Morgan fingerprint density at radius 2 is 1.50 bits per heavy atom. The fourth-order valence-corrected chi connectivity index (χ4v) is 5.49. The van der Waals surface area contributed by atoms with Gasteiger partial charge in [-0.2, -0.15) is 0 Å². The van der Waals surface area contributed by atoms with Gasteiger partial charge in [0.15, 0.2) is 5.78 Å². The highest BCUT2D eigenvalue weighted by Crippen LogP contribution is 2.31. The van der Waals surface area contributed by atoms with E-state index in [9.17, 15) is 14.0 Å². The predicted octanol–water partition coefficient (Wildman–Crippen LogP) is 7.93. The molecule has 0 N–H and O–H groups in total. The van der Waals surface area contributed by atoms with E-state index in [1.807, 2.05) is 69.4 Å². The molecule has 0 saturated carbocycles. The molecule has 0 atom stereocenters. The van der Waals surface area contributed by atoms with Gasteiger partial charge in [0, 0.05) is 67.5 Å². The second-order valence-corrected chi connectivity index (χ2v) is 12.7. The molecule has 2 heterocycles. The molecular formula is C37H44FN3O5. The van der Waals surface area contributed by atoms with Crippen molar-refractivity contribution in [2.45, 2.75) is 59.1 Å². The van der Waals surface area contributed by atoms with Gasteiger partial charge >= 0.3 is 6.09 Å². The number of nitrogens with zero attached hydrogens (tertiary/aromatic N) is 3. The van der Waals surface area contributed by atoms with E-state index < -0.39 is 5.60 Å². The van der Waals surface area contributed by atoms with Crippen LogP contribution in [0.15, 0.2) is 72.9 Å². The molecule has 5 rings (SSSR count). The predicted molar refractivity (Wildman–Crippen MR) is 178 cm³/mol. The van der Waals surface area contributed by atoms with E-state index in [1.54, 1.807) is 17.0 Å². The molecule has 1 amide bonds. The summed E-state index contributed by atoms with van der Waals surface area (Å²) in [6, 6.07) is 18.9.